The lowest BCUT2D eigenvalue weighted by Gasteiger charge is -2.24. The molecule has 0 fully saturated rings. The van der Waals surface area contributed by atoms with Crippen molar-refractivity contribution in [3.8, 4) is 16.9 Å². The molecule has 1 N–H and O–H groups in total. The number of hydrogen-bond donors (Lipinski definition) is 1. The third-order valence-electron chi connectivity index (χ3n) is 3.99. The zero-order valence-corrected chi connectivity index (χ0v) is 13.0. The van der Waals surface area contributed by atoms with Gasteiger partial charge in [0.25, 0.3) is 0 Å². The maximum Gasteiger partial charge on any atom is 0.131 e. The van der Waals surface area contributed by atoms with Crippen molar-refractivity contribution >= 4 is 10.8 Å². The standard InChI is InChI=1S/C20H19FO/c1-20(2,3)16-9-6-10-17(21)18(16)15-12-11-13-7-4-5-8-14(13)19(15)22/h4-12,22H,1-3H3. The van der Waals surface area contributed by atoms with Crippen LogP contribution in [0.25, 0.3) is 21.9 Å². The Morgan fingerprint density at radius 2 is 1.59 bits per heavy atom. The second-order valence-corrected chi connectivity index (χ2v) is 6.60. The van der Waals surface area contributed by atoms with Gasteiger partial charge in [-0.2, -0.15) is 0 Å². The first-order chi connectivity index (χ1) is 10.4. The summed E-state index contributed by atoms with van der Waals surface area (Å²) in [5.74, 6) is -0.174. The van der Waals surface area contributed by atoms with E-state index >= 15 is 0 Å². The molecule has 0 aliphatic carbocycles. The Labute approximate surface area is 130 Å². The fourth-order valence-electron chi connectivity index (χ4n) is 2.88. The van der Waals surface area contributed by atoms with Crippen molar-refractivity contribution in [3.63, 3.8) is 0 Å². The summed E-state index contributed by atoms with van der Waals surface area (Å²) >= 11 is 0. The first-order valence-electron chi connectivity index (χ1n) is 7.39. The van der Waals surface area contributed by atoms with E-state index in [1.807, 2.05) is 57.2 Å². The Kier molecular flexibility index (Phi) is 3.40. The lowest BCUT2D eigenvalue weighted by Crippen LogP contribution is -2.13. The number of fused-ring (bicyclic) bond motifs is 1. The summed E-state index contributed by atoms with van der Waals surface area (Å²) in [4.78, 5) is 0. The molecule has 112 valence electrons. The molecule has 0 saturated carbocycles. The molecule has 0 spiro atoms. The van der Waals surface area contributed by atoms with Crippen molar-refractivity contribution in [2.75, 3.05) is 0 Å². The number of benzene rings is 3. The van der Waals surface area contributed by atoms with Gasteiger partial charge >= 0.3 is 0 Å². The minimum atomic E-state index is -0.307. The molecule has 0 heterocycles. The summed E-state index contributed by atoms with van der Waals surface area (Å²) < 4.78 is 14.5. The third kappa shape index (κ3) is 2.35. The molecule has 2 heteroatoms. The molecule has 3 rings (SSSR count). The zero-order chi connectivity index (χ0) is 15.9. The minimum absolute atomic E-state index is 0.133. The van der Waals surface area contributed by atoms with E-state index in [0.717, 1.165) is 16.3 Å². The van der Waals surface area contributed by atoms with Crippen molar-refractivity contribution in [3.05, 3.63) is 66.0 Å². The average molecular weight is 294 g/mol. The number of phenolic OH excluding ortho intramolecular Hbond substituents is 1. The maximum atomic E-state index is 14.5. The van der Waals surface area contributed by atoms with Crippen LogP contribution in [0.2, 0.25) is 0 Å². The van der Waals surface area contributed by atoms with E-state index in [9.17, 15) is 9.50 Å². The van der Waals surface area contributed by atoms with Gasteiger partial charge in [0.1, 0.15) is 11.6 Å². The highest BCUT2D eigenvalue weighted by Gasteiger charge is 2.23. The van der Waals surface area contributed by atoms with Crippen LogP contribution in [-0.2, 0) is 5.41 Å². The first kappa shape index (κ1) is 14.6. The molecular formula is C20H19FO. The van der Waals surface area contributed by atoms with Crippen LogP contribution >= 0.6 is 0 Å². The number of phenols is 1. The fraction of sp³-hybridized carbons (Fsp3) is 0.200. The fourth-order valence-corrected chi connectivity index (χ4v) is 2.88. The van der Waals surface area contributed by atoms with E-state index in [0.29, 0.717) is 11.1 Å². The van der Waals surface area contributed by atoms with E-state index in [1.54, 1.807) is 12.1 Å². The molecule has 0 saturated heterocycles. The molecule has 0 aliphatic rings. The molecule has 0 bridgehead atoms. The largest absolute Gasteiger partial charge is 0.507 e. The van der Waals surface area contributed by atoms with Gasteiger partial charge in [0.15, 0.2) is 0 Å². The van der Waals surface area contributed by atoms with Gasteiger partial charge in [0.05, 0.1) is 0 Å². The molecule has 0 amide bonds. The Bertz CT molecular complexity index is 844. The summed E-state index contributed by atoms with van der Waals surface area (Å²) in [5, 5.41) is 12.3. The highest BCUT2D eigenvalue weighted by Crippen LogP contribution is 2.41. The van der Waals surface area contributed by atoms with Gasteiger partial charge < -0.3 is 5.11 Å². The van der Waals surface area contributed by atoms with Crippen molar-refractivity contribution in [2.24, 2.45) is 0 Å². The SMILES string of the molecule is CC(C)(C)c1cccc(F)c1-c1ccc2ccccc2c1O. The van der Waals surface area contributed by atoms with Crippen molar-refractivity contribution in [1.29, 1.82) is 0 Å². The second-order valence-electron chi connectivity index (χ2n) is 6.60. The number of halogens is 1. The molecule has 0 unspecified atom stereocenters. The predicted molar refractivity (Wildman–Crippen MR) is 89.7 cm³/mol. The summed E-state index contributed by atoms with van der Waals surface area (Å²) in [6, 6.07) is 16.4. The van der Waals surface area contributed by atoms with Crippen molar-refractivity contribution < 1.29 is 9.50 Å². The Hall–Kier alpha value is -2.35. The number of hydrogen-bond acceptors (Lipinski definition) is 1. The maximum absolute atomic E-state index is 14.5. The van der Waals surface area contributed by atoms with Crippen LogP contribution in [0, 0.1) is 5.82 Å². The predicted octanol–water partition coefficient (Wildman–Crippen LogP) is 5.65. The van der Waals surface area contributed by atoms with Gasteiger partial charge in [-0.25, -0.2) is 4.39 Å². The van der Waals surface area contributed by atoms with Crippen molar-refractivity contribution in [2.45, 2.75) is 26.2 Å². The van der Waals surface area contributed by atoms with Gasteiger partial charge in [0.2, 0.25) is 0 Å². The van der Waals surface area contributed by atoms with E-state index in [2.05, 4.69) is 0 Å². The van der Waals surface area contributed by atoms with Gasteiger partial charge in [-0.15, -0.1) is 0 Å². The van der Waals surface area contributed by atoms with Crippen LogP contribution in [0.5, 0.6) is 5.75 Å². The van der Waals surface area contributed by atoms with Crippen LogP contribution in [0.15, 0.2) is 54.6 Å². The highest BCUT2D eigenvalue weighted by atomic mass is 19.1. The van der Waals surface area contributed by atoms with Gasteiger partial charge in [-0.1, -0.05) is 63.2 Å². The van der Waals surface area contributed by atoms with Crippen LogP contribution in [0.3, 0.4) is 0 Å². The molecule has 22 heavy (non-hydrogen) atoms. The van der Waals surface area contributed by atoms with E-state index in [4.69, 9.17) is 0 Å². The van der Waals surface area contributed by atoms with Gasteiger partial charge in [-0.05, 0) is 28.5 Å². The Morgan fingerprint density at radius 1 is 0.864 bits per heavy atom. The van der Waals surface area contributed by atoms with E-state index < -0.39 is 0 Å². The lowest BCUT2D eigenvalue weighted by molar-refractivity contribution is 0.482. The van der Waals surface area contributed by atoms with E-state index in [-0.39, 0.29) is 17.0 Å². The quantitative estimate of drug-likeness (QED) is 0.615. The van der Waals surface area contributed by atoms with Crippen LogP contribution in [-0.4, -0.2) is 5.11 Å². The molecule has 3 aromatic rings. The molecule has 0 aliphatic heterocycles. The van der Waals surface area contributed by atoms with Crippen LogP contribution < -0.4 is 0 Å². The van der Waals surface area contributed by atoms with E-state index in [1.165, 1.54) is 6.07 Å². The van der Waals surface area contributed by atoms with Crippen LogP contribution in [0.4, 0.5) is 4.39 Å². The van der Waals surface area contributed by atoms with Gasteiger partial charge in [0, 0.05) is 16.5 Å². The first-order valence-corrected chi connectivity index (χ1v) is 7.39. The van der Waals surface area contributed by atoms with Crippen molar-refractivity contribution in [1.82, 2.24) is 0 Å². The third-order valence-corrected chi connectivity index (χ3v) is 3.99. The average Bonchev–Trinajstić information content (AvgIpc) is 2.47. The van der Waals surface area contributed by atoms with Gasteiger partial charge in [-0.3, -0.25) is 0 Å². The lowest BCUT2D eigenvalue weighted by atomic mass is 9.81. The summed E-state index contributed by atoms with van der Waals surface area (Å²) in [6.45, 7) is 6.14. The second kappa shape index (κ2) is 5.13. The smallest absolute Gasteiger partial charge is 0.131 e. The molecular weight excluding hydrogens is 275 g/mol. The summed E-state index contributed by atoms with van der Waals surface area (Å²) in [7, 11) is 0. The highest BCUT2D eigenvalue weighted by molar-refractivity contribution is 5.95. The molecule has 0 radical (unpaired) electrons. The number of rotatable bonds is 1. The van der Waals surface area contributed by atoms with Crippen LogP contribution in [0.1, 0.15) is 26.3 Å². The summed E-state index contributed by atoms with van der Waals surface area (Å²) in [5.41, 5.74) is 1.70. The normalized spacial score (nSPS) is 11.8. The summed E-state index contributed by atoms with van der Waals surface area (Å²) in [6.07, 6.45) is 0. The topological polar surface area (TPSA) is 20.2 Å². The Balaban J connectivity index is 2.35. The Morgan fingerprint density at radius 3 is 2.32 bits per heavy atom. The monoisotopic (exact) mass is 294 g/mol. The molecule has 1 nitrogen and oxygen atoms in total. The zero-order valence-electron chi connectivity index (χ0n) is 13.0. The molecule has 0 aromatic heterocycles. The molecule has 0 atom stereocenters. The molecule has 3 aromatic carbocycles. The minimum Gasteiger partial charge on any atom is -0.507 e. The number of aromatic hydroxyl groups is 1.